The zero-order chi connectivity index (χ0) is 17.3. The summed E-state index contributed by atoms with van der Waals surface area (Å²) < 4.78 is 15.0. The van der Waals surface area contributed by atoms with Crippen LogP contribution in [0.3, 0.4) is 0 Å². The fourth-order valence-corrected chi connectivity index (χ4v) is 2.74. The molecule has 0 aliphatic carbocycles. The van der Waals surface area contributed by atoms with E-state index >= 15 is 0 Å². The highest BCUT2D eigenvalue weighted by atomic mass is 16.6. The summed E-state index contributed by atoms with van der Waals surface area (Å²) in [5, 5.41) is 8.31. The predicted octanol–water partition coefficient (Wildman–Crippen LogP) is 1.06. The van der Waals surface area contributed by atoms with E-state index in [1.807, 2.05) is 6.07 Å². The van der Waals surface area contributed by atoms with Crippen LogP contribution in [0.15, 0.2) is 18.2 Å². The Morgan fingerprint density at radius 2 is 2.04 bits per heavy atom. The van der Waals surface area contributed by atoms with Crippen molar-refractivity contribution >= 4 is 11.9 Å². The fraction of sp³-hybridized carbons (Fsp3) is 0.375. The summed E-state index contributed by atoms with van der Waals surface area (Å²) in [7, 11) is 4.26. The number of rotatable bonds is 3. The van der Waals surface area contributed by atoms with Gasteiger partial charge in [0.15, 0.2) is 11.8 Å². The number of carbonyl (C=O) groups is 2. The van der Waals surface area contributed by atoms with Crippen molar-refractivity contribution in [3.8, 4) is 11.3 Å². The number of hydrogen-bond acceptors (Lipinski definition) is 7. The van der Waals surface area contributed by atoms with Gasteiger partial charge in [-0.3, -0.25) is 0 Å². The number of nitrogens with zero attached hydrogens (tertiary/aromatic N) is 3. The van der Waals surface area contributed by atoms with Gasteiger partial charge in [0.2, 0.25) is 0 Å². The second-order valence-corrected chi connectivity index (χ2v) is 5.32. The lowest BCUT2D eigenvalue weighted by molar-refractivity contribution is -0.155. The van der Waals surface area contributed by atoms with E-state index in [-0.39, 0.29) is 5.69 Å². The number of aryl methyl sites for hydroxylation is 1. The monoisotopic (exact) mass is 331 g/mol. The van der Waals surface area contributed by atoms with E-state index in [0.717, 1.165) is 16.7 Å². The molecule has 1 atom stereocenters. The third kappa shape index (κ3) is 2.76. The van der Waals surface area contributed by atoms with E-state index in [1.165, 1.54) is 19.0 Å². The zero-order valence-corrected chi connectivity index (χ0v) is 13.6. The smallest absolute Gasteiger partial charge is 0.360 e. The number of esters is 2. The number of aromatic nitrogens is 3. The Morgan fingerprint density at radius 3 is 2.75 bits per heavy atom. The third-order valence-electron chi connectivity index (χ3n) is 3.86. The molecule has 2 aromatic rings. The van der Waals surface area contributed by atoms with Gasteiger partial charge in [-0.1, -0.05) is 12.1 Å². The van der Waals surface area contributed by atoms with Crippen LogP contribution in [-0.4, -0.2) is 47.8 Å². The van der Waals surface area contributed by atoms with Crippen LogP contribution in [0, 0.1) is 0 Å². The van der Waals surface area contributed by atoms with Crippen molar-refractivity contribution < 1.29 is 23.8 Å². The van der Waals surface area contributed by atoms with Gasteiger partial charge in [0.1, 0.15) is 5.69 Å². The first kappa shape index (κ1) is 16.1. The van der Waals surface area contributed by atoms with Crippen LogP contribution in [0.1, 0.15) is 27.7 Å². The lowest BCUT2D eigenvalue weighted by atomic mass is 9.94. The van der Waals surface area contributed by atoms with Crippen LogP contribution >= 0.6 is 0 Å². The molecule has 8 heteroatoms. The number of ether oxygens (including phenoxy) is 3. The molecule has 1 aliphatic heterocycles. The van der Waals surface area contributed by atoms with Crippen molar-refractivity contribution in [3.63, 3.8) is 0 Å². The Balaban J connectivity index is 2.04. The molecule has 1 unspecified atom stereocenters. The Kier molecular flexibility index (Phi) is 4.30. The highest BCUT2D eigenvalue weighted by Crippen LogP contribution is 2.32. The minimum absolute atomic E-state index is 0.150. The summed E-state index contributed by atoms with van der Waals surface area (Å²) >= 11 is 0. The molecule has 2 heterocycles. The quantitative estimate of drug-likeness (QED) is 0.776. The van der Waals surface area contributed by atoms with Crippen molar-refractivity contribution in [3.05, 3.63) is 35.0 Å². The van der Waals surface area contributed by atoms with Crippen molar-refractivity contribution in [1.82, 2.24) is 15.0 Å². The first-order chi connectivity index (χ1) is 11.5. The minimum atomic E-state index is -0.727. The van der Waals surface area contributed by atoms with Crippen LogP contribution in [0.5, 0.6) is 0 Å². The highest BCUT2D eigenvalue weighted by molar-refractivity contribution is 5.94. The van der Waals surface area contributed by atoms with Crippen LogP contribution in [-0.2, 0) is 32.5 Å². The Morgan fingerprint density at radius 1 is 1.25 bits per heavy atom. The standard InChI is InChI=1S/C16H17N3O5/c1-19-17-12(13(18-19)15(20)22-2)10-4-5-11-9(8-10)6-7-24-14(11)16(21)23-3/h4-5,8,14H,6-7H2,1-3H3. The van der Waals surface area contributed by atoms with E-state index in [1.54, 1.807) is 19.2 Å². The van der Waals surface area contributed by atoms with Gasteiger partial charge in [-0.2, -0.15) is 9.90 Å². The van der Waals surface area contributed by atoms with Gasteiger partial charge in [-0.15, -0.1) is 5.10 Å². The molecular weight excluding hydrogens is 314 g/mol. The van der Waals surface area contributed by atoms with E-state index in [4.69, 9.17) is 14.2 Å². The molecule has 24 heavy (non-hydrogen) atoms. The van der Waals surface area contributed by atoms with Crippen LogP contribution < -0.4 is 0 Å². The first-order valence-electron chi connectivity index (χ1n) is 7.37. The van der Waals surface area contributed by atoms with Gasteiger partial charge in [0.25, 0.3) is 0 Å². The average molecular weight is 331 g/mol. The maximum Gasteiger partial charge on any atom is 0.360 e. The largest absolute Gasteiger partial charge is 0.467 e. The second-order valence-electron chi connectivity index (χ2n) is 5.32. The molecule has 0 N–H and O–H groups in total. The van der Waals surface area contributed by atoms with Crippen molar-refractivity contribution in [1.29, 1.82) is 0 Å². The maximum absolute atomic E-state index is 11.9. The van der Waals surface area contributed by atoms with Gasteiger partial charge >= 0.3 is 11.9 Å². The molecule has 3 rings (SSSR count). The number of carbonyl (C=O) groups excluding carboxylic acids is 2. The van der Waals surface area contributed by atoms with Crippen LogP contribution in [0.2, 0.25) is 0 Å². The SMILES string of the molecule is COC(=O)c1nn(C)nc1-c1ccc2c(c1)CCOC2C(=O)OC. The van der Waals surface area contributed by atoms with Gasteiger partial charge in [-0.05, 0) is 23.6 Å². The summed E-state index contributed by atoms with van der Waals surface area (Å²) in [6, 6.07) is 5.46. The van der Waals surface area contributed by atoms with Crippen LogP contribution in [0.4, 0.5) is 0 Å². The molecule has 0 fully saturated rings. The van der Waals surface area contributed by atoms with Crippen molar-refractivity contribution in [2.24, 2.45) is 7.05 Å². The molecule has 8 nitrogen and oxygen atoms in total. The van der Waals surface area contributed by atoms with Crippen molar-refractivity contribution in [2.75, 3.05) is 20.8 Å². The molecule has 0 spiro atoms. The molecule has 0 saturated carbocycles. The van der Waals surface area contributed by atoms with E-state index in [2.05, 4.69) is 10.2 Å². The highest BCUT2D eigenvalue weighted by Gasteiger charge is 2.29. The summed E-state index contributed by atoms with van der Waals surface area (Å²) in [5.41, 5.74) is 3.04. The normalized spacial score (nSPS) is 16.4. The zero-order valence-electron chi connectivity index (χ0n) is 13.6. The Hall–Kier alpha value is -2.74. The van der Waals surface area contributed by atoms with Gasteiger partial charge in [0.05, 0.1) is 20.8 Å². The average Bonchev–Trinajstić information content (AvgIpc) is 3.01. The molecule has 126 valence electrons. The number of fused-ring (bicyclic) bond motifs is 1. The molecule has 1 aromatic carbocycles. The van der Waals surface area contributed by atoms with Gasteiger partial charge < -0.3 is 14.2 Å². The molecule has 0 amide bonds. The Labute approximate surface area is 138 Å². The minimum Gasteiger partial charge on any atom is -0.467 e. The summed E-state index contributed by atoms with van der Waals surface area (Å²) in [4.78, 5) is 25.0. The van der Waals surface area contributed by atoms with Gasteiger partial charge in [0, 0.05) is 12.6 Å². The lowest BCUT2D eigenvalue weighted by Crippen LogP contribution is -2.24. The van der Waals surface area contributed by atoms with E-state index < -0.39 is 18.0 Å². The predicted molar refractivity (Wildman–Crippen MR) is 82.2 cm³/mol. The topological polar surface area (TPSA) is 92.5 Å². The fourth-order valence-electron chi connectivity index (χ4n) is 2.74. The maximum atomic E-state index is 11.9. The molecule has 0 radical (unpaired) electrons. The summed E-state index contributed by atoms with van der Waals surface area (Å²) in [6.07, 6.45) is -0.0699. The molecule has 1 aliphatic rings. The summed E-state index contributed by atoms with van der Waals surface area (Å²) in [5.74, 6) is -0.981. The number of methoxy groups -OCH3 is 2. The molecule has 0 saturated heterocycles. The van der Waals surface area contributed by atoms with E-state index in [9.17, 15) is 9.59 Å². The van der Waals surface area contributed by atoms with Crippen LogP contribution in [0.25, 0.3) is 11.3 Å². The number of hydrogen-bond donors (Lipinski definition) is 0. The number of benzene rings is 1. The second kappa shape index (κ2) is 6.40. The molecular formula is C16H17N3O5. The lowest BCUT2D eigenvalue weighted by Gasteiger charge is -2.24. The molecule has 0 bridgehead atoms. The van der Waals surface area contributed by atoms with Gasteiger partial charge in [-0.25, -0.2) is 9.59 Å². The Bertz CT molecular complexity index is 799. The van der Waals surface area contributed by atoms with Crippen molar-refractivity contribution in [2.45, 2.75) is 12.5 Å². The third-order valence-corrected chi connectivity index (χ3v) is 3.86. The first-order valence-corrected chi connectivity index (χ1v) is 7.37. The molecule has 1 aromatic heterocycles. The summed E-state index contributed by atoms with van der Waals surface area (Å²) in [6.45, 7) is 0.417. The van der Waals surface area contributed by atoms with E-state index in [0.29, 0.717) is 18.7 Å².